The topological polar surface area (TPSA) is 63.5 Å². The van der Waals surface area contributed by atoms with Crippen LogP contribution in [0.3, 0.4) is 0 Å². The summed E-state index contributed by atoms with van der Waals surface area (Å²) in [4.78, 5) is 3.39. The average Bonchev–Trinajstić information content (AvgIpc) is 3.13. The number of aromatic nitrogens is 2. The molecule has 138 valence electrons. The Morgan fingerprint density at radius 1 is 1.22 bits per heavy atom. The van der Waals surface area contributed by atoms with Gasteiger partial charge in [-0.3, -0.25) is 0 Å². The summed E-state index contributed by atoms with van der Waals surface area (Å²) in [5.41, 5.74) is 2.66. The minimum atomic E-state index is -0.745. The van der Waals surface area contributed by atoms with E-state index in [0.29, 0.717) is 22.7 Å². The highest BCUT2D eigenvalue weighted by atomic mass is 35.5. The zero-order chi connectivity index (χ0) is 19.6. The first-order valence-electron chi connectivity index (χ1n) is 8.33. The monoisotopic (exact) mass is 385 g/mol. The molecule has 0 saturated carbocycles. The number of hydrogen-bond acceptors (Lipinski definition) is 4. The van der Waals surface area contributed by atoms with Gasteiger partial charge in [0.15, 0.2) is 0 Å². The second-order valence-corrected chi connectivity index (χ2v) is 6.68. The molecular formula is C20H17ClFN3O2. The van der Waals surface area contributed by atoms with Crippen molar-refractivity contribution in [3.63, 3.8) is 0 Å². The predicted molar refractivity (Wildman–Crippen MR) is 100 cm³/mol. The van der Waals surface area contributed by atoms with E-state index >= 15 is 0 Å². The highest BCUT2D eigenvalue weighted by molar-refractivity contribution is 6.34. The van der Waals surface area contributed by atoms with E-state index in [2.05, 4.69) is 15.0 Å². The van der Waals surface area contributed by atoms with Gasteiger partial charge in [-0.25, -0.2) is 9.24 Å². The van der Waals surface area contributed by atoms with Crippen molar-refractivity contribution in [2.24, 2.45) is 0 Å². The van der Waals surface area contributed by atoms with Gasteiger partial charge in [0.05, 0.1) is 23.6 Å². The molecule has 1 heterocycles. The first kappa shape index (κ1) is 19.0. The van der Waals surface area contributed by atoms with Gasteiger partial charge in [0, 0.05) is 5.56 Å². The zero-order valence-electron chi connectivity index (χ0n) is 14.8. The summed E-state index contributed by atoms with van der Waals surface area (Å²) < 4.78 is 18.8. The second kappa shape index (κ2) is 7.87. The highest BCUT2D eigenvalue weighted by Crippen LogP contribution is 2.34. The normalized spacial score (nSPS) is 13.2. The van der Waals surface area contributed by atoms with E-state index in [-0.39, 0.29) is 17.6 Å². The lowest BCUT2D eigenvalue weighted by Crippen LogP contribution is -2.18. The van der Waals surface area contributed by atoms with Crippen LogP contribution in [-0.2, 0) is 6.42 Å². The minimum absolute atomic E-state index is 0.258. The van der Waals surface area contributed by atoms with Crippen LogP contribution in [0.5, 0.6) is 0 Å². The molecule has 2 aromatic carbocycles. The SMILES string of the molecule is [C-]#[N+]c1ccc(C[C@@H](c2nnc(-c3ccc(F)cc3)o2)[C@@H](C)O)c(C)c1Cl. The Morgan fingerprint density at radius 2 is 1.93 bits per heavy atom. The van der Waals surface area contributed by atoms with Crippen LogP contribution in [0.25, 0.3) is 16.3 Å². The Kier molecular flexibility index (Phi) is 5.54. The molecule has 0 aliphatic rings. The maximum atomic E-state index is 13.1. The molecule has 0 amide bonds. The van der Waals surface area contributed by atoms with Gasteiger partial charge in [0.2, 0.25) is 17.5 Å². The van der Waals surface area contributed by atoms with Crippen molar-refractivity contribution in [3.05, 3.63) is 75.7 Å². The third kappa shape index (κ3) is 4.00. The molecular weight excluding hydrogens is 369 g/mol. The van der Waals surface area contributed by atoms with Crippen molar-refractivity contribution in [3.8, 4) is 11.5 Å². The fourth-order valence-electron chi connectivity index (χ4n) is 2.81. The van der Waals surface area contributed by atoms with Crippen LogP contribution in [-0.4, -0.2) is 21.4 Å². The third-order valence-electron chi connectivity index (χ3n) is 4.47. The Balaban J connectivity index is 1.90. The number of aliphatic hydroxyl groups excluding tert-OH is 1. The number of aliphatic hydroxyl groups is 1. The molecule has 0 spiro atoms. The Morgan fingerprint density at radius 3 is 2.56 bits per heavy atom. The van der Waals surface area contributed by atoms with E-state index in [1.54, 1.807) is 25.1 Å². The van der Waals surface area contributed by atoms with Crippen molar-refractivity contribution >= 4 is 17.3 Å². The molecule has 3 aromatic rings. The molecule has 1 aromatic heterocycles. The van der Waals surface area contributed by atoms with Gasteiger partial charge in [-0.15, -0.1) is 10.2 Å². The first-order chi connectivity index (χ1) is 12.9. The number of rotatable bonds is 5. The van der Waals surface area contributed by atoms with Crippen molar-refractivity contribution in [2.75, 3.05) is 0 Å². The molecule has 0 fully saturated rings. The van der Waals surface area contributed by atoms with Crippen LogP contribution in [0.2, 0.25) is 5.02 Å². The molecule has 0 aliphatic carbocycles. The largest absolute Gasteiger partial charge is 0.420 e. The van der Waals surface area contributed by atoms with E-state index in [1.165, 1.54) is 12.1 Å². The van der Waals surface area contributed by atoms with Crippen molar-refractivity contribution in [1.82, 2.24) is 10.2 Å². The summed E-state index contributed by atoms with van der Waals surface area (Å²) in [5, 5.41) is 18.7. The predicted octanol–water partition coefficient (Wildman–Crippen LogP) is 5.10. The standard InChI is InChI=1S/C20H17ClFN3O2/c1-11-14(6-9-17(23-3)18(11)21)10-16(12(2)26)20-25-24-19(27-20)13-4-7-15(22)8-5-13/h4-9,12,16,26H,10H2,1-2H3/t12-,16-/m1/s1. The lowest BCUT2D eigenvalue weighted by atomic mass is 9.92. The van der Waals surface area contributed by atoms with Gasteiger partial charge in [-0.05, 0) is 55.7 Å². The summed E-state index contributed by atoms with van der Waals surface area (Å²) in [7, 11) is 0. The molecule has 3 rings (SSSR count). The maximum Gasteiger partial charge on any atom is 0.247 e. The summed E-state index contributed by atoms with van der Waals surface area (Å²) >= 11 is 6.25. The van der Waals surface area contributed by atoms with Gasteiger partial charge < -0.3 is 9.52 Å². The van der Waals surface area contributed by atoms with Crippen LogP contribution < -0.4 is 0 Å². The first-order valence-corrected chi connectivity index (χ1v) is 8.71. The van der Waals surface area contributed by atoms with E-state index < -0.39 is 12.0 Å². The lowest BCUT2D eigenvalue weighted by molar-refractivity contribution is 0.148. The van der Waals surface area contributed by atoms with Crippen molar-refractivity contribution in [1.29, 1.82) is 0 Å². The number of hydrogen-bond donors (Lipinski definition) is 1. The number of nitrogens with zero attached hydrogens (tertiary/aromatic N) is 3. The quantitative estimate of drug-likeness (QED) is 0.621. The Labute approximate surface area is 161 Å². The van der Waals surface area contributed by atoms with Crippen LogP contribution in [0.4, 0.5) is 10.1 Å². The fourth-order valence-corrected chi connectivity index (χ4v) is 3.04. The second-order valence-electron chi connectivity index (χ2n) is 6.30. The smallest absolute Gasteiger partial charge is 0.247 e. The zero-order valence-corrected chi connectivity index (χ0v) is 15.5. The van der Waals surface area contributed by atoms with E-state index in [1.807, 2.05) is 13.0 Å². The van der Waals surface area contributed by atoms with Gasteiger partial charge in [-0.1, -0.05) is 23.7 Å². The molecule has 0 unspecified atom stereocenters. The molecule has 0 bridgehead atoms. The highest BCUT2D eigenvalue weighted by Gasteiger charge is 2.26. The average molecular weight is 386 g/mol. The van der Waals surface area contributed by atoms with E-state index in [0.717, 1.165) is 11.1 Å². The summed E-state index contributed by atoms with van der Waals surface area (Å²) in [6.45, 7) is 10.6. The Bertz CT molecular complexity index is 993. The maximum absolute atomic E-state index is 13.1. The minimum Gasteiger partial charge on any atom is -0.420 e. The van der Waals surface area contributed by atoms with Crippen LogP contribution in [0.15, 0.2) is 40.8 Å². The van der Waals surface area contributed by atoms with Crippen LogP contribution in [0, 0.1) is 19.3 Å². The van der Waals surface area contributed by atoms with Crippen molar-refractivity contribution in [2.45, 2.75) is 32.3 Å². The summed E-state index contributed by atoms with van der Waals surface area (Å²) in [5.74, 6) is -0.251. The Hall–Kier alpha value is -2.75. The van der Waals surface area contributed by atoms with Gasteiger partial charge >= 0.3 is 0 Å². The molecule has 2 atom stereocenters. The van der Waals surface area contributed by atoms with Gasteiger partial charge in [0.25, 0.3) is 0 Å². The molecule has 27 heavy (non-hydrogen) atoms. The molecule has 0 aliphatic heterocycles. The molecule has 7 heteroatoms. The molecule has 0 saturated heterocycles. The summed E-state index contributed by atoms with van der Waals surface area (Å²) in [6.07, 6.45) is -0.322. The fraction of sp³-hybridized carbons (Fsp3) is 0.250. The molecule has 1 N–H and O–H groups in total. The molecule has 5 nitrogen and oxygen atoms in total. The van der Waals surface area contributed by atoms with Crippen LogP contribution >= 0.6 is 11.6 Å². The molecule has 0 radical (unpaired) electrons. The lowest BCUT2D eigenvalue weighted by Gasteiger charge is -2.18. The number of halogens is 2. The van der Waals surface area contributed by atoms with Crippen LogP contribution in [0.1, 0.15) is 29.9 Å². The van der Waals surface area contributed by atoms with E-state index in [4.69, 9.17) is 22.6 Å². The third-order valence-corrected chi connectivity index (χ3v) is 4.95. The van der Waals surface area contributed by atoms with Crippen molar-refractivity contribution < 1.29 is 13.9 Å². The van der Waals surface area contributed by atoms with Gasteiger partial charge in [0.1, 0.15) is 5.82 Å². The van der Waals surface area contributed by atoms with Gasteiger partial charge in [-0.2, -0.15) is 0 Å². The van der Waals surface area contributed by atoms with E-state index in [9.17, 15) is 9.50 Å². The summed E-state index contributed by atoms with van der Waals surface area (Å²) in [6, 6.07) is 9.22. The number of benzene rings is 2.